The van der Waals surface area contributed by atoms with E-state index in [0.29, 0.717) is 5.95 Å². The number of hydrogen-bond donors (Lipinski definition) is 0. The first-order valence-corrected chi connectivity index (χ1v) is 22.3. The van der Waals surface area contributed by atoms with Gasteiger partial charge in [0.25, 0.3) is 0 Å². The number of hydrogen-bond acceptors (Lipinski definition) is 2. The van der Waals surface area contributed by atoms with Gasteiger partial charge in [-0.2, -0.15) is 0 Å². The van der Waals surface area contributed by atoms with Gasteiger partial charge >= 0.3 is 0 Å². The summed E-state index contributed by atoms with van der Waals surface area (Å²) in [6, 6.07) is 65.2. The molecule has 5 aliphatic carbocycles. The molecular formula is C58H43N3. The van der Waals surface area contributed by atoms with Gasteiger partial charge in [-0.15, -0.1) is 0 Å². The van der Waals surface area contributed by atoms with Crippen molar-refractivity contribution in [1.82, 2.24) is 14.5 Å². The summed E-state index contributed by atoms with van der Waals surface area (Å²) in [5, 5.41) is 7.20. The molecule has 5 aliphatic rings. The van der Waals surface area contributed by atoms with E-state index in [4.69, 9.17) is 9.97 Å². The zero-order chi connectivity index (χ0) is 39.8. The van der Waals surface area contributed by atoms with Crippen LogP contribution in [0.5, 0.6) is 0 Å². The van der Waals surface area contributed by atoms with Gasteiger partial charge in [0.15, 0.2) is 0 Å². The highest BCUT2D eigenvalue weighted by atomic mass is 15.2. The molecule has 1 spiro atoms. The van der Waals surface area contributed by atoms with Crippen LogP contribution in [-0.4, -0.2) is 14.5 Å². The monoisotopic (exact) mass is 781 g/mol. The lowest BCUT2D eigenvalue weighted by molar-refractivity contribution is -0.0399. The van der Waals surface area contributed by atoms with Crippen LogP contribution in [0.2, 0.25) is 0 Å². The highest BCUT2D eigenvalue weighted by Crippen LogP contribution is 2.69. The molecule has 290 valence electrons. The Morgan fingerprint density at radius 1 is 0.410 bits per heavy atom. The molecule has 0 amide bonds. The maximum atomic E-state index is 5.50. The van der Waals surface area contributed by atoms with Gasteiger partial charge in [0, 0.05) is 32.7 Å². The van der Waals surface area contributed by atoms with E-state index in [-0.39, 0.29) is 5.41 Å². The van der Waals surface area contributed by atoms with Crippen LogP contribution in [0.15, 0.2) is 176 Å². The number of fused-ring (bicyclic) bond motifs is 9. The summed E-state index contributed by atoms with van der Waals surface area (Å²) >= 11 is 0. The van der Waals surface area contributed by atoms with Crippen LogP contribution in [0, 0.1) is 23.7 Å². The SMILES string of the molecule is c1ccc(-c2cc(-c3ccc4ccccc4c3)nc(-n3c4cc(-c5ccc6c(c5)-c5ccccc5C65C6CC7CC(C6)CC5C7)ccc4c4ccc5ccccc5c43)n2)cc1. The topological polar surface area (TPSA) is 30.7 Å². The third-order valence-electron chi connectivity index (χ3n) is 15.6. The summed E-state index contributed by atoms with van der Waals surface area (Å²) in [7, 11) is 0. The Hall–Kier alpha value is -6.84. The molecule has 10 aromatic rings. The van der Waals surface area contributed by atoms with Gasteiger partial charge in [-0.1, -0.05) is 152 Å². The Morgan fingerprint density at radius 2 is 1.03 bits per heavy atom. The van der Waals surface area contributed by atoms with Crippen molar-refractivity contribution in [2.24, 2.45) is 23.7 Å². The first kappa shape index (κ1) is 33.9. The van der Waals surface area contributed by atoms with Crippen molar-refractivity contribution in [3.05, 3.63) is 187 Å². The molecule has 0 saturated heterocycles. The standard InChI is InChI=1S/C58H43N3/c1-2-12-39(13-3-1)53-34-54(43-19-18-37-10-4-5-14-40(37)31-43)60-57(59-53)61-55-33-42(21-23-48(55)49-24-20-38-11-6-7-15-46(38)56(49)61)41-22-25-52-50(32-41)47-16-8-9-17-51(47)58(52)44-27-35-26-36(29-44)30-45(58)28-35/h1-25,31-36,44-45H,26-30H2. The quantitative estimate of drug-likeness (QED) is 0.178. The normalized spacial score (nSPS) is 22.2. The van der Waals surface area contributed by atoms with E-state index in [1.165, 1.54) is 86.7 Å². The van der Waals surface area contributed by atoms with Gasteiger partial charge in [-0.3, -0.25) is 4.57 Å². The fraction of sp³-hybridized carbons (Fsp3) is 0.172. The van der Waals surface area contributed by atoms with E-state index in [1.54, 1.807) is 11.1 Å². The molecule has 61 heavy (non-hydrogen) atoms. The van der Waals surface area contributed by atoms with Crippen molar-refractivity contribution in [3.8, 4) is 50.7 Å². The molecule has 0 N–H and O–H groups in total. The summed E-state index contributed by atoms with van der Waals surface area (Å²) in [4.78, 5) is 10.9. The average molecular weight is 782 g/mol. The van der Waals surface area contributed by atoms with Crippen LogP contribution < -0.4 is 0 Å². The van der Waals surface area contributed by atoms with Crippen LogP contribution in [0.1, 0.15) is 43.2 Å². The fourth-order valence-corrected chi connectivity index (χ4v) is 13.3. The van der Waals surface area contributed by atoms with Crippen LogP contribution in [0.25, 0.3) is 94.1 Å². The molecule has 0 aliphatic heterocycles. The van der Waals surface area contributed by atoms with Crippen molar-refractivity contribution in [2.75, 3.05) is 0 Å². The van der Waals surface area contributed by atoms with E-state index in [2.05, 4.69) is 180 Å². The highest BCUT2D eigenvalue weighted by Gasteiger charge is 2.61. The second kappa shape index (κ2) is 12.6. The van der Waals surface area contributed by atoms with Gasteiger partial charge in [-0.25, -0.2) is 9.97 Å². The lowest BCUT2D eigenvalue weighted by Gasteiger charge is -2.61. The van der Waals surface area contributed by atoms with Crippen molar-refractivity contribution < 1.29 is 0 Å². The van der Waals surface area contributed by atoms with E-state index >= 15 is 0 Å². The van der Waals surface area contributed by atoms with Crippen LogP contribution in [-0.2, 0) is 5.41 Å². The zero-order valence-electron chi connectivity index (χ0n) is 33.9. The summed E-state index contributed by atoms with van der Waals surface area (Å²) in [6.45, 7) is 0. The Bertz CT molecular complexity index is 3420. The van der Waals surface area contributed by atoms with Crippen molar-refractivity contribution >= 4 is 43.4 Å². The summed E-state index contributed by atoms with van der Waals surface area (Å²) in [6.07, 6.45) is 7.06. The Balaban J connectivity index is 1.00. The second-order valence-corrected chi connectivity index (χ2v) is 18.6. The second-order valence-electron chi connectivity index (χ2n) is 18.6. The van der Waals surface area contributed by atoms with E-state index in [0.717, 1.165) is 57.2 Å². The fourth-order valence-electron chi connectivity index (χ4n) is 13.3. The van der Waals surface area contributed by atoms with Gasteiger partial charge in [0.2, 0.25) is 5.95 Å². The highest BCUT2D eigenvalue weighted by molar-refractivity contribution is 6.19. The first-order valence-electron chi connectivity index (χ1n) is 22.3. The minimum Gasteiger partial charge on any atom is -0.277 e. The Kier molecular flexibility index (Phi) is 7.01. The van der Waals surface area contributed by atoms with Gasteiger partial charge in [-0.05, 0) is 130 Å². The molecule has 0 atom stereocenters. The molecule has 0 unspecified atom stereocenters. The maximum Gasteiger partial charge on any atom is 0.235 e. The summed E-state index contributed by atoms with van der Waals surface area (Å²) < 4.78 is 2.35. The maximum absolute atomic E-state index is 5.50. The number of rotatable bonds is 4. The lowest BCUT2D eigenvalue weighted by atomic mass is 9.43. The van der Waals surface area contributed by atoms with Crippen molar-refractivity contribution in [3.63, 3.8) is 0 Å². The van der Waals surface area contributed by atoms with Gasteiger partial charge < -0.3 is 0 Å². The minimum atomic E-state index is 0.166. The summed E-state index contributed by atoms with van der Waals surface area (Å²) in [5.74, 6) is 4.04. The number of benzene rings is 8. The van der Waals surface area contributed by atoms with E-state index in [1.807, 2.05) is 0 Å². The summed E-state index contributed by atoms with van der Waals surface area (Å²) in [5.41, 5.74) is 14.9. The van der Waals surface area contributed by atoms with Crippen LogP contribution >= 0.6 is 0 Å². The van der Waals surface area contributed by atoms with Crippen LogP contribution in [0.4, 0.5) is 0 Å². The van der Waals surface area contributed by atoms with Gasteiger partial charge in [0.1, 0.15) is 0 Å². The van der Waals surface area contributed by atoms with Gasteiger partial charge in [0.05, 0.1) is 22.4 Å². The largest absolute Gasteiger partial charge is 0.277 e. The van der Waals surface area contributed by atoms with Crippen LogP contribution in [0.3, 0.4) is 0 Å². The van der Waals surface area contributed by atoms with E-state index < -0.39 is 0 Å². The molecule has 0 radical (unpaired) electrons. The molecule has 3 nitrogen and oxygen atoms in total. The predicted molar refractivity (Wildman–Crippen MR) is 251 cm³/mol. The number of aromatic nitrogens is 3. The molecule has 8 aromatic carbocycles. The van der Waals surface area contributed by atoms with Crippen molar-refractivity contribution in [1.29, 1.82) is 0 Å². The number of nitrogens with zero attached hydrogens (tertiary/aromatic N) is 3. The third-order valence-corrected chi connectivity index (χ3v) is 15.6. The molecular weight excluding hydrogens is 739 g/mol. The van der Waals surface area contributed by atoms with E-state index in [9.17, 15) is 0 Å². The molecule has 4 bridgehead atoms. The first-order chi connectivity index (χ1) is 30.2. The van der Waals surface area contributed by atoms with Crippen molar-refractivity contribution in [2.45, 2.75) is 37.5 Å². The smallest absolute Gasteiger partial charge is 0.235 e. The third kappa shape index (κ3) is 4.81. The zero-order valence-corrected chi connectivity index (χ0v) is 33.9. The molecule has 4 saturated carbocycles. The average Bonchev–Trinajstić information content (AvgIpc) is 3.81. The molecule has 2 heterocycles. The Morgan fingerprint density at radius 3 is 1.87 bits per heavy atom. The predicted octanol–water partition coefficient (Wildman–Crippen LogP) is 14.6. The molecule has 3 heteroatoms. The molecule has 2 aromatic heterocycles. The molecule has 4 fully saturated rings. The minimum absolute atomic E-state index is 0.166. The Labute approximate surface area is 355 Å². The molecule has 15 rings (SSSR count). The lowest BCUT2D eigenvalue weighted by Crippen LogP contribution is -2.55.